The third-order valence-electron chi connectivity index (χ3n) is 3.66. The van der Waals surface area contributed by atoms with Crippen LogP contribution < -0.4 is 0 Å². The number of hydrogen-bond donors (Lipinski definition) is 0. The summed E-state index contributed by atoms with van der Waals surface area (Å²) in [5.41, 5.74) is 0. The van der Waals surface area contributed by atoms with Gasteiger partial charge in [0.25, 0.3) is 11.1 Å². The van der Waals surface area contributed by atoms with E-state index in [1.54, 1.807) is 24.0 Å². The van der Waals surface area contributed by atoms with E-state index in [1.807, 2.05) is 0 Å². The van der Waals surface area contributed by atoms with Gasteiger partial charge in [-0.15, -0.1) is 0 Å². The Balaban J connectivity index is 1.71. The Morgan fingerprint density at radius 3 is 2.68 bits per heavy atom. The van der Waals surface area contributed by atoms with Gasteiger partial charge in [0.05, 0.1) is 4.91 Å². The quantitative estimate of drug-likeness (QED) is 0.799. The van der Waals surface area contributed by atoms with E-state index in [9.17, 15) is 14.4 Å². The first-order valence-corrected chi connectivity index (χ1v) is 7.96. The van der Waals surface area contributed by atoms with Crippen molar-refractivity contribution in [1.29, 1.82) is 0 Å². The van der Waals surface area contributed by atoms with E-state index < -0.39 is 11.1 Å². The van der Waals surface area contributed by atoms with Crippen LogP contribution in [0.2, 0.25) is 0 Å². The second kappa shape index (κ2) is 6.00. The van der Waals surface area contributed by atoms with Crippen molar-refractivity contribution in [1.82, 2.24) is 9.80 Å². The number of amides is 3. The largest absolute Gasteiger partial charge is 0.462 e. The average molecular weight is 320 g/mol. The van der Waals surface area contributed by atoms with Gasteiger partial charge in [-0.3, -0.25) is 19.3 Å². The fourth-order valence-electron chi connectivity index (χ4n) is 2.50. The molecule has 3 amide bonds. The molecule has 2 aliphatic rings. The predicted octanol–water partition coefficient (Wildman–Crippen LogP) is 2.25. The maximum Gasteiger partial charge on any atom is 0.294 e. The van der Waals surface area contributed by atoms with Crippen molar-refractivity contribution in [3.8, 4) is 0 Å². The molecule has 116 valence electrons. The van der Waals surface area contributed by atoms with Crippen molar-refractivity contribution in [3.63, 3.8) is 0 Å². The smallest absolute Gasteiger partial charge is 0.294 e. The molecule has 0 radical (unpaired) electrons. The minimum atomic E-state index is -0.434. The Labute approximate surface area is 132 Å². The second-order valence-corrected chi connectivity index (χ2v) is 6.30. The third kappa shape index (κ3) is 2.94. The number of thioether (sulfide) groups is 1. The summed E-state index contributed by atoms with van der Waals surface area (Å²) in [5, 5.41) is -0.410. The van der Waals surface area contributed by atoms with Gasteiger partial charge in [-0.2, -0.15) is 0 Å². The van der Waals surface area contributed by atoms with E-state index in [2.05, 4.69) is 0 Å². The zero-order valence-corrected chi connectivity index (χ0v) is 13.0. The van der Waals surface area contributed by atoms with Crippen LogP contribution >= 0.6 is 11.8 Å². The van der Waals surface area contributed by atoms with E-state index in [0.29, 0.717) is 18.8 Å². The van der Waals surface area contributed by atoms with Crippen molar-refractivity contribution in [3.05, 3.63) is 28.6 Å². The Morgan fingerprint density at radius 2 is 2.05 bits per heavy atom. The molecule has 6 nitrogen and oxygen atoms in total. The van der Waals surface area contributed by atoms with Crippen LogP contribution in [0.15, 0.2) is 21.5 Å². The summed E-state index contributed by atoms with van der Waals surface area (Å²) in [7, 11) is 0. The molecule has 0 N–H and O–H groups in total. The molecule has 0 bridgehead atoms. The number of furan rings is 1. The first-order chi connectivity index (χ1) is 10.5. The molecular weight excluding hydrogens is 304 g/mol. The van der Waals surface area contributed by atoms with Crippen molar-refractivity contribution in [2.75, 3.05) is 19.6 Å². The lowest BCUT2D eigenvalue weighted by atomic mass is 10.3. The number of hydrogen-bond acceptors (Lipinski definition) is 5. The Morgan fingerprint density at radius 1 is 1.32 bits per heavy atom. The highest BCUT2D eigenvalue weighted by Crippen LogP contribution is 2.32. The minimum absolute atomic E-state index is 0.171. The summed E-state index contributed by atoms with van der Waals surface area (Å²) in [5.74, 6) is 0.648. The molecule has 0 unspecified atom stereocenters. The van der Waals surface area contributed by atoms with Crippen LogP contribution in [-0.4, -0.2) is 46.5 Å². The van der Waals surface area contributed by atoms with Crippen LogP contribution in [0.4, 0.5) is 4.79 Å². The molecule has 7 heteroatoms. The molecule has 0 atom stereocenters. The lowest BCUT2D eigenvalue weighted by Gasteiger charge is -2.18. The van der Waals surface area contributed by atoms with Gasteiger partial charge < -0.3 is 9.32 Å². The third-order valence-corrected chi connectivity index (χ3v) is 4.57. The highest BCUT2D eigenvalue weighted by atomic mass is 32.2. The van der Waals surface area contributed by atoms with Gasteiger partial charge in [0, 0.05) is 19.2 Å². The normalized spacial score (nSPS) is 20.5. The van der Waals surface area contributed by atoms with Gasteiger partial charge in [-0.25, -0.2) is 0 Å². The lowest BCUT2D eigenvalue weighted by Crippen LogP contribution is -2.40. The molecule has 0 spiro atoms. The molecular formula is C15H16N2O4S. The second-order valence-electron chi connectivity index (χ2n) is 5.30. The van der Waals surface area contributed by atoms with Crippen LogP contribution in [0.5, 0.6) is 0 Å². The average Bonchev–Trinajstić information content (AvgIpc) is 3.18. The zero-order valence-electron chi connectivity index (χ0n) is 12.2. The van der Waals surface area contributed by atoms with E-state index in [1.165, 1.54) is 6.08 Å². The molecule has 1 aromatic heterocycles. The maximum atomic E-state index is 12.3. The van der Waals surface area contributed by atoms with E-state index in [0.717, 1.165) is 35.3 Å². The Hall–Kier alpha value is -2.02. The Bertz CT molecular complexity index is 658. The minimum Gasteiger partial charge on any atom is -0.462 e. The van der Waals surface area contributed by atoms with Gasteiger partial charge in [-0.05, 0) is 43.7 Å². The van der Waals surface area contributed by atoms with Crippen molar-refractivity contribution < 1.29 is 18.8 Å². The van der Waals surface area contributed by atoms with Crippen LogP contribution in [0.1, 0.15) is 24.4 Å². The molecule has 0 saturated carbocycles. The van der Waals surface area contributed by atoms with Crippen LogP contribution in [0.25, 0.3) is 6.08 Å². The summed E-state index contributed by atoms with van der Waals surface area (Å²) in [6.07, 6.45) is 3.50. The van der Waals surface area contributed by atoms with Gasteiger partial charge in [0.1, 0.15) is 18.1 Å². The summed E-state index contributed by atoms with van der Waals surface area (Å²) in [4.78, 5) is 39.3. The topological polar surface area (TPSA) is 70.8 Å². The van der Waals surface area contributed by atoms with Crippen molar-refractivity contribution >= 4 is 34.9 Å². The number of likely N-dealkylation sites (tertiary alicyclic amines) is 1. The molecule has 3 rings (SSSR count). The first-order valence-electron chi connectivity index (χ1n) is 7.14. The number of carbonyl (C=O) groups is 3. The highest BCUT2D eigenvalue weighted by Gasteiger charge is 2.37. The van der Waals surface area contributed by atoms with E-state index in [4.69, 9.17) is 4.42 Å². The molecule has 2 saturated heterocycles. The van der Waals surface area contributed by atoms with E-state index >= 15 is 0 Å². The number of imide groups is 1. The molecule has 1 aromatic rings. The molecule has 0 aliphatic carbocycles. The van der Waals surface area contributed by atoms with Gasteiger partial charge in [-0.1, -0.05) is 0 Å². The van der Waals surface area contributed by atoms with Gasteiger partial charge in [0.15, 0.2) is 0 Å². The number of aryl methyl sites for hydroxylation is 1. The zero-order chi connectivity index (χ0) is 15.7. The fourth-order valence-corrected chi connectivity index (χ4v) is 3.32. The van der Waals surface area contributed by atoms with Crippen LogP contribution in [-0.2, 0) is 9.59 Å². The van der Waals surface area contributed by atoms with E-state index in [-0.39, 0.29) is 17.4 Å². The molecule has 22 heavy (non-hydrogen) atoms. The molecule has 3 heterocycles. The number of rotatable bonds is 3. The van der Waals surface area contributed by atoms with Crippen LogP contribution in [0.3, 0.4) is 0 Å². The SMILES string of the molecule is Cc1ccc(/C=C2/SC(=O)N(CC(=O)N3CCCC3)C2=O)o1. The lowest BCUT2D eigenvalue weighted by molar-refractivity contribution is -0.135. The van der Waals surface area contributed by atoms with Crippen LogP contribution in [0, 0.1) is 6.92 Å². The highest BCUT2D eigenvalue weighted by molar-refractivity contribution is 8.18. The first kappa shape index (κ1) is 14.9. The van der Waals surface area contributed by atoms with Gasteiger partial charge in [0.2, 0.25) is 5.91 Å². The number of nitrogens with zero attached hydrogens (tertiary/aromatic N) is 2. The summed E-state index contributed by atoms with van der Waals surface area (Å²) in [6.45, 7) is 3.03. The number of carbonyl (C=O) groups excluding carboxylic acids is 3. The summed E-state index contributed by atoms with van der Waals surface area (Å²) in [6, 6.07) is 3.52. The molecule has 2 aliphatic heterocycles. The maximum absolute atomic E-state index is 12.3. The van der Waals surface area contributed by atoms with Gasteiger partial charge >= 0.3 is 0 Å². The standard InChI is InChI=1S/C15H16N2O4S/c1-10-4-5-11(21-10)8-12-14(19)17(15(20)22-12)9-13(18)16-6-2-3-7-16/h4-5,8H,2-3,6-7,9H2,1H3/b12-8+. The van der Waals surface area contributed by atoms with Crippen molar-refractivity contribution in [2.24, 2.45) is 0 Å². The predicted molar refractivity (Wildman–Crippen MR) is 81.9 cm³/mol. The van der Waals surface area contributed by atoms with Crippen molar-refractivity contribution in [2.45, 2.75) is 19.8 Å². The summed E-state index contributed by atoms with van der Waals surface area (Å²) >= 11 is 0.838. The molecule has 0 aromatic carbocycles. The monoisotopic (exact) mass is 320 g/mol. The molecule has 2 fully saturated rings. The Kier molecular flexibility index (Phi) is 4.06. The summed E-state index contributed by atoms with van der Waals surface area (Å²) < 4.78 is 5.38. The fraction of sp³-hybridized carbons (Fsp3) is 0.400.